The molecule has 1 aliphatic heterocycles. The van der Waals surface area contributed by atoms with E-state index in [1.54, 1.807) is 13.1 Å². The summed E-state index contributed by atoms with van der Waals surface area (Å²) in [6, 6.07) is 2.30. The van der Waals surface area contributed by atoms with Crippen LogP contribution in [0.2, 0.25) is 0 Å². The highest BCUT2D eigenvalue weighted by molar-refractivity contribution is 7.10. The van der Waals surface area contributed by atoms with Gasteiger partial charge in [-0.1, -0.05) is 32.1 Å². The smallest absolute Gasteiger partial charge is 0.248 e. The number of likely N-dealkylation sites (tertiary alicyclic amines) is 1. The zero-order valence-electron chi connectivity index (χ0n) is 18.6. The second-order valence-electron chi connectivity index (χ2n) is 9.40. The molecule has 1 aliphatic rings. The average Bonchev–Trinajstić information content (AvgIpc) is 3.40. The van der Waals surface area contributed by atoms with Gasteiger partial charge in [0.15, 0.2) is 0 Å². The second kappa shape index (κ2) is 8.68. The van der Waals surface area contributed by atoms with E-state index in [-0.39, 0.29) is 31.2 Å². The number of likely N-dealkylation sites (N-methyl/N-ethyl adjacent to an activating group) is 1. The Morgan fingerprint density at radius 2 is 2.06 bits per heavy atom. The maximum atomic E-state index is 13.5. The van der Waals surface area contributed by atoms with Crippen LogP contribution in [0, 0.1) is 5.41 Å². The number of amides is 2. The summed E-state index contributed by atoms with van der Waals surface area (Å²) >= 11 is 1.47. The molecular weight excluding hydrogens is 418 g/mol. The van der Waals surface area contributed by atoms with Gasteiger partial charge in [-0.15, -0.1) is 16.4 Å². The number of carbonyl (C=O) groups excluding carboxylic acids is 2. The van der Waals surface area contributed by atoms with E-state index in [0.29, 0.717) is 5.69 Å². The molecule has 10 heteroatoms. The molecule has 0 aliphatic carbocycles. The average molecular weight is 450 g/mol. The Bertz CT molecular complexity index is 919. The number of carbonyl (C=O) groups is 2. The molecule has 3 rings (SSSR count). The lowest BCUT2D eigenvalue weighted by Crippen LogP contribution is -2.49. The highest BCUT2D eigenvalue weighted by Crippen LogP contribution is 2.35. The van der Waals surface area contributed by atoms with Gasteiger partial charge in [-0.2, -0.15) is 0 Å². The molecular formula is C21H31N5O4S. The largest absolute Gasteiger partial charge is 0.391 e. The molecule has 170 valence electrons. The predicted molar refractivity (Wildman–Crippen MR) is 116 cm³/mol. The summed E-state index contributed by atoms with van der Waals surface area (Å²) in [5.41, 5.74) is -1.07. The highest BCUT2D eigenvalue weighted by atomic mass is 32.1. The van der Waals surface area contributed by atoms with Gasteiger partial charge in [-0.25, -0.2) is 4.68 Å². The lowest BCUT2D eigenvalue weighted by atomic mass is 9.85. The first-order chi connectivity index (χ1) is 14.4. The number of rotatable bonds is 6. The van der Waals surface area contributed by atoms with Gasteiger partial charge in [0.05, 0.1) is 11.8 Å². The monoisotopic (exact) mass is 449 g/mol. The molecule has 31 heavy (non-hydrogen) atoms. The summed E-state index contributed by atoms with van der Waals surface area (Å²) in [5.74, 6) is -0.594. The molecule has 0 aromatic carbocycles. The number of β-amino-alcohol motifs (C(OH)–C–C–N with tert-alkyl or cyclic N) is 1. The van der Waals surface area contributed by atoms with E-state index in [9.17, 15) is 19.8 Å². The van der Waals surface area contributed by atoms with Crippen molar-refractivity contribution in [2.24, 2.45) is 5.41 Å². The van der Waals surface area contributed by atoms with Crippen molar-refractivity contribution in [1.82, 2.24) is 25.2 Å². The minimum Gasteiger partial charge on any atom is -0.391 e. The molecule has 9 nitrogen and oxygen atoms in total. The van der Waals surface area contributed by atoms with Gasteiger partial charge in [0.25, 0.3) is 0 Å². The minimum atomic E-state index is -1.10. The Morgan fingerprint density at radius 3 is 2.65 bits per heavy atom. The molecule has 2 aromatic heterocycles. The lowest BCUT2D eigenvalue weighted by molar-refractivity contribution is -0.144. The molecule has 1 saturated heterocycles. The van der Waals surface area contributed by atoms with Crippen LogP contribution in [-0.4, -0.2) is 67.7 Å². The van der Waals surface area contributed by atoms with E-state index in [0.717, 1.165) is 4.88 Å². The van der Waals surface area contributed by atoms with E-state index in [4.69, 9.17) is 0 Å². The number of aromatic nitrogens is 3. The second-order valence-corrected chi connectivity index (χ2v) is 10.3. The van der Waals surface area contributed by atoms with E-state index in [2.05, 4.69) is 15.6 Å². The lowest BCUT2D eigenvalue weighted by Gasteiger charge is -2.34. The van der Waals surface area contributed by atoms with Gasteiger partial charge >= 0.3 is 0 Å². The molecule has 2 aromatic rings. The third-order valence-corrected chi connectivity index (χ3v) is 6.69. The Hall–Kier alpha value is -2.30. The van der Waals surface area contributed by atoms with Crippen molar-refractivity contribution in [2.45, 2.75) is 64.3 Å². The number of nitrogens with one attached hydrogen (secondary N) is 1. The standard InChI is InChI=1S/C21H31N5O4S/c1-20(2,3)17(19(29)25-12-14(27)9-15(25)18(28)22-5)26-11-13(23-24-26)10-21(4,30)16-7-6-8-31-16/h6-8,11,14-15,17,27,30H,9-10,12H2,1-5H3,(H,22,28)/t14-,15+,17+,21?/m0/s1. The zero-order valence-corrected chi connectivity index (χ0v) is 19.4. The molecule has 0 radical (unpaired) electrons. The number of thiophene rings is 1. The molecule has 3 N–H and O–H groups in total. The molecule has 2 amide bonds. The van der Waals surface area contributed by atoms with Gasteiger partial charge in [-0.3, -0.25) is 9.59 Å². The fourth-order valence-electron chi connectivity index (χ4n) is 4.06. The van der Waals surface area contributed by atoms with E-state index < -0.39 is 29.2 Å². The number of hydrogen-bond acceptors (Lipinski definition) is 7. The van der Waals surface area contributed by atoms with Crippen LogP contribution in [0.15, 0.2) is 23.7 Å². The number of aliphatic hydroxyl groups is 2. The van der Waals surface area contributed by atoms with Crippen LogP contribution >= 0.6 is 11.3 Å². The fraction of sp³-hybridized carbons (Fsp3) is 0.619. The quantitative estimate of drug-likeness (QED) is 0.607. The number of aliphatic hydroxyl groups excluding tert-OH is 1. The maximum Gasteiger partial charge on any atom is 0.248 e. The van der Waals surface area contributed by atoms with Crippen LogP contribution < -0.4 is 5.32 Å². The SMILES string of the molecule is CNC(=O)[C@H]1C[C@H](O)CN1C(=O)[C@@H](n1cc(CC(C)(O)c2cccs2)nn1)C(C)(C)C. The Morgan fingerprint density at radius 1 is 1.35 bits per heavy atom. The molecule has 0 bridgehead atoms. The van der Waals surface area contributed by atoms with Crippen LogP contribution in [0.4, 0.5) is 0 Å². The van der Waals surface area contributed by atoms with Gasteiger partial charge in [-0.05, 0) is 23.8 Å². The van der Waals surface area contributed by atoms with Crippen LogP contribution in [0.1, 0.15) is 50.7 Å². The van der Waals surface area contributed by atoms with Crippen molar-refractivity contribution in [1.29, 1.82) is 0 Å². The summed E-state index contributed by atoms with van der Waals surface area (Å²) in [5, 5.41) is 33.8. The van der Waals surface area contributed by atoms with Gasteiger partial charge < -0.3 is 20.4 Å². The van der Waals surface area contributed by atoms with E-state index in [1.165, 1.54) is 28.0 Å². The summed E-state index contributed by atoms with van der Waals surface area (Å²) in [7, 11) is 1.51. The first-order valence-electron chi connectivity index (χ1n) is 10.3. The van der Waals surface area contributed by atoms with Crippen molar-refractivity contribution < 1.29 is 19.8 Å². The Kier molecular flexibility index (Phi) is 6.54. The third kappa shape index (κ3) is 4.97. The molecule has 1 fully saturated rings. The summed E-state index contributed by atoms with van der Waals surface area (Å²) in [4.78, 5) is 28.1. The molecule has 3 heterocycles. The van der Waals surface area contributed by atoms with Crippen molar-refractivity contribution in [3.05, 3.63) is 34.3 Å². The Balaban J connectivity index is 1.87. The van der Waals surface area contributed by atoms with Crippen molar-refractivity contribution >= 4 is 23.2 Å². The molecule has 0 saturated carbocycles. The fourth-order valence-corrected chi connectivity index (χ4v) is 4.84. The van der Waals surface area contributed by atoms with E-state index >= 15 is 0 Å². The van der Waals surface area contributed by atoms with Crippen LogP contribution in [-0.2, 0) is 21.6 Å². The van der Waals surface area contributed by atoms with E-state index in [1.807, 2.05) is 38.3 Å². The molecule has 4 atom stereocenters. The Labute approximate surface area is 186 Å². The topological polar surface area (TPSA) is 121 Å². The molecule has 0 spiro atoms. The number of nitrogens with zero attached hydrogens (tertiary/aromatic N) is 4. The van der Waals surface area contributed by atoms with Gasteiger partial charge in [0.1, 0.15) is 17.7 Å². The number of hydrogen-bond donors (Lipinski definition) is 3. The molecule has 1 unspecified atom stereocenters. The van der Waals surface area contributed by atoms with Gasteiger partial charge in [0, 0.05) is 37.5 Å². The van der Waals surface area contributed by atoms with Crippen LogP contribution in [0.25, 0.3) is 0 Å². The maximum absolute atomic E-state index is 13.5. The zero-order chi connectivity index (χ0) is 23.0. The van der Waals surface area contributed by atoms with Crippen molar-refractivity contribution in [2.75, 3.05) is 13.6 Å². The first-order valence-corrected chi connectivity index (χ1v) is 11.2. The summed E-state index contributed by atoms with van der Waals surface area (Å²) < 4.78 is 1.51. The third-order valence-electron chi connectivity index (χ3n) is 5.56. The first kappa shape index (κ1) is 23.4. The van der Waals surface area contributed by atoms with Crippen LogP contribution in [0.5, 0.6) is 0 Å². The van der Waals surface area contributed by atoms with Crippen molar-refractivity contribution in [3.8, 4) is 0 Å². The van der Waals surface area contributed by atoms with Crippen LogP contribution in [0.3, 0.4) is 0 Å². The normalized spacial score (nSPS) is 22.2. The summed E-state index contributed by atoms with van der Waals surface area (Å²) in [6.07, 6.45) is 1.38. The minimum absolute atomic E-state index is 0.0954. The summed E-state index contributed by atoms with van der Waals surface area (Å²) in [6.45, 7) is 7.57. The van der Waals surface area contributed by atoms with Gasteiger partial charge in [0.2, 0.25) is 11.8 Å². The van der Waals surface area contributed by atoms with Crippen molar-refractivity contribution in [3.63, 3.8) is 0 Å². The highest BCUT2D eigenvalue weighted by Gasteiger charge is 2.45. The predicted octanol–water partition coefficient (Wildman–Crippen LogP) is 1.08.